The van der Waals surface area contributed by atoms with Crippen LogP contribution in [0.1, 0.15) is 24.3 Å². The molecule has 118 valence electrons. The number of nitrogens with zero attached hydrogens (tertiary/aromatic N) is 2. The first kappa shape index (κ1) is 15.0. The Balaban J connectivity index is 1.59. The van der Waals surface area contributed by atoms with E-state index in [-0.39, 0.29) is 5.54 Å². The fourth-order valence-electron chi connectivity index (χ4n) is 3.03. The second kappa shape index (κ2) is 6.44. The van der Waals surface area contributed by atoms with Gasteiger partial charge in [-0.15, -0.1) is 0 Å². The van der Waals surface area contributed by atoms with Gasteiger partial charge >= 0.3 is 0 Å². The van der Waals surface area contributed by atoms with Gasteiger partial charge in [-0.1, -0.05) is 5.16 Å². The summed E-state index contributed by atoms with van der Waals surface area (Å²) in [5.41, 5.74) is 1.03. The van der Waals surface area contributed by atoms with Gasteiger partial charge in [0.1, 0.15) is 0 Å². The van der Waals surface area contributed by atoms with E-state index in [0.29, 0.717) is 6.04 Å². The summed E-state index contributed by atoms with van der Waals surface area (Å²) in [6.45, 7) is 3.99. The van der Waals surface area contributed by atoms with E-state index in [0.717, 1.165) is 63.7 Å². The topological polar surface area (TPSA) is 59.8 Å². The first-order chi connectivity index (χ1) is 10.2. The highest BCUT2D eigenvalue weighted by Gasteiger charge is 2.41. The molecule has 0 amide bonds. The lowest BCUT2D eigenvalue weighted by molar-refractivity contribution is -0.0854. The minimum absolute atomic E-state index is 0.0221. The lowest BCUT2D eigenvalue weighted by Crippen LogP contribution is -2.65. The van der Waals surface area contributed by atoms with Gasteiger partial charge in [0.25, 0.3) is 0 Å². The molecule has 2 saturated heterocycles. The van der Waals surface area contributed by atoms with E-state index in [4.69, 9.17) is 14.0 Å². The maximum atomic E-state index is 5.46. The zero-order valence-electron chi connectivity index (χ0n) is 12.9. The van der Waals surface area contributed by atoms with Crippen LogP contribution in [0.25, 0.3) is 0 Å². The minimum atomic E-state index is 0.0221. The summed E-state index contributed by atoms with van der Waals surface area (Å²) in [7, 11) is 4.05. The molecule has 0 aromatic carbocycles. The molecule has 0 bridgehead atoms. The maximum Gasteiger partial charge on any atom is 0.150 e. The standard InChI is InChI=1S/C15H25N3O3/c1-18(2)9-14-7-13(17-21-14)8-15(10-20-11-15)16-12-3-5-19-6-4-12/h7,12,16H,3-6,8-11H2,1-2H3. The lowest BCUT2D eigenvalue weighted by atomic mass is 9.89. The molecule has 2 aliphatic heterocycles. The Labute approximate surface area is 125 Å². The van der Waals surface area contributed by atoms with E-state index >= 15 is 0 Å². The number of hydrogen-bond donors (Lipinski definition) is 1. The van der Waals surface area contributed by atoms with Gasteiger partial charge in [0.2, 0.25) is 0 Å². The largest absolute Gasteiger partial charge is 0.381 e. The molecule has 3 heterocycles. The number of hydrogen-bond acceptors (Lipinski definition) is 6. The normalized spacial score (nSPS) is 22.4. The van der Waals surface area contributed by atoms with E-state index in [1.54, 1.807) is 0 Å². The molecule has 21 heavy (non-hydrogen) atoms. The molecule has 0 unspecified atom stereocenters. The molecular weight excluding hydrogens is 270 g/mol. The van der Waals surface area contributed by atoms with Crippen LogP contribution in [-0.4, -0.2) is 62.2 Å². The second-order valence-corrected chi connectivity index (χ2v) is 6.50. The monoisotopic (exact) mass is 295 g/mol. The van der Waals surface area contributed by atoms with Crippen molar-refractivity contribution < 1.29 is 14.0 Å². The fraction of sp³-hybridized carbons (Fsp3) is 0.800. The van der Waals surface area contributed by atoms with E-state index in [1.807, 2.05) is 14.1 Å². The van der Waals surface area contributed by atoms with Crippen LogP contribution < -0.4 is 5.32 Å². The number of ether oxygens (including phenoxy) is 2. The molecule has 6 nitrogen and oxygen atoms in total. The SMILES string of the molecule is CN(C)Cc1cc(CC2(NC3CCOCC3)COC2)no1. The van der Waals surface area contributed by atoms with Gasteiger partial charge in [-0.25, -0.2) is 0 Å². The van der Waals surface area contributed by atoms with E-state index in [9.17, 15) is 0 Å². The van der Waals surface area contributed by atoms with E-state index in [1.165, 1.54) is 0 Å². The second-order valence-electron chi connectivity index (χ2n) is 6.50. The van der Waals surface area contributed by atoms with Crippen LogP contribution in [0.3, 0.4) is 0 Å². The van der Waals surface area contributed by atoms with Crippen molar-refractivity contribution in [3.8, 4) is 0 Å². The number of rotatable bonds is 6. The van der Waals surface area contributed by atoms with Crippen molar-refractivity contribution in [2.24, 2.45) is 0 Å². The Hall–Kier alpha value is -0.950. The van der Waals surface area contributed by atoms with Gasteiger partial charge in [-0.05, 0) is 26.9 Å². The third kappa shape index (κ3) is 3.83. The van der Waals surface area contributed by atoms with Crippen LogP contribution in [0.15, 0.2) is 10.6 Å². The van der Waals surface area contributed by atoms with Crippen LogP contribution in [0, 0.1) is 0 Å². The highest BCUT2D eigenvalue weighted by molar-refractivity contribution is 5.12. The molecular formula is C15H25N3O3. The average Bonchev–Trinajstić information content (AvgIpc) is 2.83. The Morgan fingerprint density at radius 2 is 2.05 bits per heavy atom. The zero-order valence-corrected chi connectivity index (χ0v) is 12.9. The summed E-state index contributed by atoms with van der Waals surface area (Å²) in [6.07, 6.45) is 3.01. The van der Waals surface area contributed by atoms with Crippen LogP contribution in [0.5, 0.6) is 0 Å². The quantitative estimate of drug-likeness (QED) is 0.838. The molecule has 1 N–H and O–H groups in total. The minimum Gasteiger partial charge on any atom is -0.381 e. The van der Waals surface area contributed by atoms with Crippen molar-refractivity contribution in [1.29, 1.82) is 0 Å². The van der Waals surface area contributed by atoms with Gasteiger partial charge in [0, 0.05) is 31.7 Å². The molecule has 0 radical (unpaired) electrons. The highest BCUT2D eigenvalue weighted by atomic mass is 16.5. The molecule has 2 fully saturated rings. The Kier molecular flexibility index (Phi) is 4.59. The summed E-state index contributed by atoms with van der Waals surface area (Å²) >= 11 is 0. The molecule has 3 rings (SSSR count). The van der Waals surface area contributed by atoms with Crippen LogP contribution in [0.2, 0.25) is 0 Å². The summed E-state index contributed by atoms with van der Waals surface area (Å²) in [4.78, 5) is 2.08. The molecule has 1 aromatic rings. The summed E-state index contributed by atoms with van der Waals surface area (Å²) < 4.78 is 16.3. The van der Waals surface area contributed by atoms with Crippen molar-refractivity contribution in [2.75, 3.05) is 40.5 Å². The molecule has 0 spiro atoms. The highest BCUT2D eigenvalue weighted by Crippen LogP contribution is 2.25. The summed E-state index contributed by atoms with van der Waals surface area (Å²) in [5.74, 6) is 0.913. The van der Waals surface area contributed by atoms with Gasteiger partial charge in [-0.2, -0.15) is 0 Å². The molecule has 1 aromatic heterocycles. The maximum absolute atomic E-state index is 5.46. The molecule has 0 atom stereocenters. The zero-order chi connectivity index (χ0) is 14.7. The third-order valence-electron chi connectivity index (χ3n) is 4.09. The van der Waals surface area contributed by atoms with Gasteiger partial charge < -0.3 is 24.2 Å². The Morgan fingerprint density at radius 3 is 2.67 bits per heavy atom. The fourth-order valence-corrected chi connectivity index (χ4v) is 3.03. The molecule has 6 heteroatoms. The van der Waals surface area contributed by atoms with Crippen molar-refractivity contribution in [3.63, 3.8) is 0 Å². The first-order valence-electron chi connectivity index (χ1n) is 7.68. The lowest BCUT2D eigenvalue weighted by Gasteiger charge is -2.45. The van der Waals surface area contributed by atoms with Crippen LogP contribution in [-0.2, 0) is 22.4 Å². The van der Waals surface area contributed by atoms with E-state index < -0.39 is 0 Å². The van der Waals surface area contributed by atoms with E-state index in [2.05, 4.69) is 21.4 Å². The summed E-state index contributed by atoms with van der Waals surface area (Å²) in [6, 6.07) is 2.59. The molecule has 0 aliphatic carbocycles. The Morgan fingerprint density at radius 1 is 1.29 bits per heavy atom. The summed E-state index contributed by atoms with van der Waals surface area (Å²) in [5, 5.41) is 7.98. The third-order valence-corrected chi connectivity index (χ3v) is 4.09. The smallest absolute Gasteiger partial charge is 0.150 e. The van der Waals surface area contributed by atoms with Gasteiger partial charge in [0.05, 0.1) is 31.0 Å². The van der Waals surface area contributed by atoms with Gasteiger partial charge in [-0.3, -0.25) is 0 Å². The van der Waals surface area contributed by atoms with Crippen molar-refractivity contribution in [2.45, 2.75) is 37.4 Å². The predicted octanol–water partition coefficient (Wildman–Crippen LogP) is 0.816. The van der Waals surface area contributed by atoms with Crippen LogP contribution in [0.4, 0.5) is 0 Å². The van der Waals surface area contributed by atoms with Gasteiger partial charge in [0.15, 0.2) is 5.76 Å². The number of nitrogens with one attached hydrogen (secondary N) is 1. The molecule has 2 aliphatic rings. The molecule has 0 saturated carbocycles. The number of aromatic nitrogens is 1. The predicted molar refractivity (Wildman–Crippen MR) is 78.1 cm³/mol. The van der Waals surface area contributed by atoms with Crippen molar-refractivity contribution >= 4 is 0 Å². The average molecular weight is 295 g/mol. The van der Waals surface area contributed by atoms with Crippen molar-refractivity contribution in [3.05, 3.63) is 17.5 Å². The Bertz CT molecular complexity index is 451. The first-order valence-corrected chi connectivity index (χ1v) is 7.68. The van der Waals surface area contributed by atoms with Crippen molar-refractivity contribution in [1.82, 2.24) is 15.4 Å². The van der Waals surface area contributed by atoms with Crippen LogP contribution >= 0.6 is 0 Å².